The number of fused-ring (bicyclic) bond motifs is 3. The number of piperazine rings is 1. The standard InChI is InChI=1S/C28H28N8O2/c37-25(33-17-19-34(20-18-33)27-29-14-6-15-30-27)12-11-24-31-32-28-35(16-13-21-7-2-1-3-8-21)26(38)22-9-4-5-10-23(22)36(24)28/h1-10,14-15H,11-13,16-20H2. The second-order valence-corrected chi connectivity index (χ2v) is 9.38. The SMILES string of the molecule is O=C(CCc1nnc2n(CCc3ccccc3)c(=O)c3ccccc3n12)N1CCN(c2ncccn2)CC1. The molecule has 3 aromatic heterocycles. The molecule has 0 radical (unpaired) electrons. The van der Waals surface area contributed by atoms with Crippen molar-refractivity contribution in [2.24, 2.45) is 0 Å². The molecule has 5 aromatic rings. The Bertz CT molecular complexity index is 1620. The van der Waals surface area contributed by atoms with E-state index in [9.17, 15) is 9.59 Å². The normalized spacial score (nSPS) is 13.9. The smallest absolute Gasteiger partial charge is 0.262 e. The van der Waals surface area contributed by atoms with Gasteiger partial charge in [-0.15, -0.1) is 10.2 Å². The Balaban J connectivity index is 1.21. The lowest BCUT2D eigenvalue weighted by Gasteiger charge is -2.34. The lowest BCUT2D eigenvalue weighted by molar-refractivity contribution is -0.131. The van der Waals surface area contributed by atoms with Gasteiger partial charge in [-0.2, -0.15) is 0 Å². The van der Waals surface area contributed by atoms with E-state index in [2.05, 4.69) is 37.2 Å². The van der Waals surface area contributed by atoms with Crippen molar-refractivity contribution in [1.82, 2.24) is 34.0 Å². The Morgan fingerprint density at radius 1 is 0.816 bits per heavy atom. The van der Waals surface area contributed by atoms with Crippen molar-refractivity contribution in [3.63, 3.8) is 0 Å². The predicted octanol–water partition coefficient (Wildman–Crippen LogP) is 2.36. The van der Waals surface area contributed by atoms with Gasteiger partial charge in [-0.05, 0) is 30.2 Å². The first-order valence-corrected chi connectivity index (χ1v) is 12.9. The molecular formula is C28H28N8O2. The molecule has 1 amide bonds. The van der Waals surface area contributed by atoms with E-state index in [4.69, 9.17) is 0 Å². The summed E-state index contributed by atoms with van der Waals surface area (Å²) in [4.78, 5) is 39.1. The van der Waals surface area contributed by atoms with Gasteiger partial charge in [-0.1, -0.05) is 42.5 Å². The highest BCUT2D eigenvalue weighted by Gasteiger charge is 2.23. The highest BCUT2D eigenvalue weighted by Crippen LogP contribution is 2.17. The summed E-state index contributed by atoms with van der Waals surface area (Å²) >= 11 is 0. The van der Waals surface area contributed by atoms with Crippen LogP contribution in [0.4, 0.5) is 5.95 Å². The van der Waals surface area contributed by atoms with Crippen molar-refractivity contribution >= 4 is 28.5 Å². The van der Waals surface area contributed by atoms with Crippen LogP contribution in [-0.4, -0.2) is 66.1 Å². The molecule has 0 atom stereocenters. The van der Waals surface area contributed by atoms with Gasteiger partial charge in [0, 0.05) is 58.0 Å². The van der Waals surface area contributed by atoms with Crippen LogP contribution < -0.4 is 10.5 Å². The number of aromatic nitrogens is 6. The first-order chi connectivity index (χ1) is 18.7. The molecule has 1 saturated heterocycles. The number of carbonyl (C=O) groups is 1. The van der Waals surface area contributed by atoms with Crippen molar-refractivity contribution in [2.45, 2.75) is 25.8 Å². The lowest BCUT2D eigenvalue weighted by atomic mass is 10.1. The van der Waals surface area contributed by atoms with Crippen molar-refractivity contribution in [2.75, 3.05) is 31.1 Å². The fourth-order valence-electron chi connectivity index (χ4n) is 5.05. The van der Waals surface area contributed by atoms with Crippen molar-refractivity contribution in [3.8, 4) is 0 Å². The number of rotatable bonds is 7. The van der Waals surface area contributed by atoms with Gasteiger partial charge < -0.3 is 9.80 Å². The Kier molecular flexibility index (Phi) is 6.51. The highest BCUT2D eigenvalue weighted by molar-refractivity contribution is 5.80. The number of aryl methyl sites for hydroxylation is 3. The number of hydrogen-bond acceptors (Lipinski definition) is 7. The number of hydrogen-bond donors (Lipinski definition) is 0. The molecule has 10 heteroatoms. The maximum absolute atomic E-state index is 13.4. The van der Waals surface area contributed by atoms with E-state index in [1.54, 1.807) is 23.0 Å². The minimum Gasteiger partial charge on any atom is -0.339 e. The fourth-order valence-corrected chi connectivity index (χ4v) is 5.05. The Labute approximate surface area is 219 Å². The van der Waals surface area contributed by atoms with E-state index >= 15 is 0 Å². The molecule has 38 heavy (non-hydrogen) atoms. The molecule has 4 heterocycles. The van der Waals surface area contributed by atoms with Crippen LogP contribution in [0.25, 0.3) is 16.7 Å². The van der Waals surface area contributed by atoms with Crippen molar-refractivity contribution in [1.29, 1.82) is 0 Å². The molecule has 1 aliphatic rings. The van der Waals surface area contributed by atoms with Gasteiger partial charge in [0.25, 0.3) is 5.56 Å². The van der Waals surface area contributed by atoms with E-state index in [0.29, 0.717) is 74.9 Å². The lowest BCUT2D eigenvalue weighted by Crippen LogP contribution is -2.49. The van der Waals surface area contributed by atoms with Gasteiger partial charge >= 0.3 is 0 Å². The Morgan fingerprint density at radius 3 is 2.34 bits per heavy atom. The fraction of sp³-hybridized carbons (Fsp3) is 0.286. The zero-order valence-electron chi connectivity index (χ0n) is 21.0. The summed E-state index contributed by atoms with van der Waals surface area (Å²) in [7, 11) is 0. The molecule has 0 unspecified atom stereocenters. The van der Waals surface area contributed by atoms with Crippen molar-refractivity contribution < 1.29 is 4.79 Å². The van der Waals surface area contributed by atoms with E-state index in [-0.39, 0.29) is 11.5 Å². The summed E-state index contributed by atoms with van der Waals surface area (Å²) < 4.78 is 3.62. The number of para-hydroxylation sites is 1. The summed E-state index contributed by atoms with van der Waals surface area (Å²) in [6, 6.07) is 19.4. The Morgan fingerprint density at radius 2 is 1.55 bits per heavy atom. The van der Waals surface area contributed by atoms with E-state index in [0.717, 1.165) is 11.1 Å². The summed E-state index contributed by atoms with van der Waals surface area (Å²) in [6.07, 6.45) is 4.92. The minimum atomic E-state index is -0.0840. The second kappa shape index (κ2) is 10.4. The summed E-state index contributed by atoms with van der Waals surface area (Å²) in [6.45, 7) is 3.13. The molecule has 1 fully saturated rings. The third-order valence-electron chi connectivity index (χ3n) is 7.07. The van der Waals surface area contributed by atoms with Crippen LogP contribution in [-0.2, 0) is 24.2 Å². The number of anilines is 1. The van der Waals surface area contributed by atoms with Crippen LogP contribution in [0.2, 0.25) is 0 Å². The van der Waals surface area contributed by atoms with Crippen LogP contribution in [0.5, 0.6) is 0 Å². The summed E-state index contributed by atoms with van der Waals surface area (Å²) in [5.74, 6) is 1.95. The first-order valence-electron chi connectivity index (χ1n) is 12.9. The first kappa shape index (κ1) is 23.8. The molecule has 0 bridgehead atoms. The number of amides is 1. The average molecular weight is 509 g/mol. The van der Waals surface area contributed by atoms with Gasteiger partial charge in [0.15, 0.2) is 0 Å². The number of carbonyl (C=O) groups excluding carboxylic acids is 1. The Hall–Kier alpha value is -4.60. The maximum Gasteiger partial charge on any atom is 0.262 e. The highest BCUT2D eigenvalue weighted by atomic mass is 16.2. The molecule has 10 nitrogen and oxygen atoms in total. The van der Waals surface area contributed by atoms with Crippen molar-refractivity contribution in [3.05, 3.63) is 94.8 Å². The zero-order chi connectivity index (χ0) is 25.9. The predicted molar refractivity (Wildman–Crippen MR) is 144 cm³/mol. The van der Waals surface area contributed by atoms with Crippen LogP contribution in [0, 0.1) is 0 Å². The summed E-state index contributed by atoms with van der Waals surface area (Å²) in [5, 5.41) is 9.45. The van der Waals surface area contributed by atoms with Crippen LogP contribution in [0.3, 0.4) is 0 Å². The molecule has 0 spiro atoms. The van der Waals surface area contributed by atoms with E-state index in [1.165, 1.54) is 0 Å². The third-order valence-corrected chi connectivity index (χ3v) is 7.07. The van der Waals surface area contributed by atoms with Crippen LogP contribution in [0.15, 0.2) is 77.9 Å². The van der Waals surface area contributed by atoms with Gasteiger partial charge in [-0.3, -0.25) is 18.6 Å². The zero-order valence-corrected chi connectivity index (χ0v) is 21.0. The third kappa shape index (κ3) is 4.60. The van der Waals surface area contributed by atoms with E-state index < -0.39 is 0 Å². The molecule has 2 aromatic carbocycles. The molecule has 192 valence electrons. The van der Waals surface area contributed by atoms with Gasteiger partial charge in [-0.25, -0.2) is 9.97 Å². The number of nitrogens with zero attached hydrogens (tertiary/aromatic N) is 8. The topological polar surface area (TPSA) is 102 Å². The van der Waals surface area contributed by atoms with Crippen LogP contribution >= 0.6 is 0 Å². The largest absolute Gasteiger partial charge is 0.339 e. The molecule has 0 aliphatic carbocycles. The minimum absolute atomic E-state index is 0.0806. The average Bonchev–Trinajstić information content (AvgIpc) is 3.41. The van der Waals surface area contributed by atoms with Gasteiger partial charge in [0.05, 0.1) is 10.9 Å². The quantitative estimate of drug-likeness (QED) is 0.333. The monoisotopic (exact) mass is 508 g/mol. The van der Waals surface area contributed by atoms with Crippen LogP contribution in [0.1, 0.15) is 17.8 Å². The molecule has 0 N–H and O–H groups in total. The van der Waals surface area contributed by atoms with Gasteiger partial charge in [0.1, 0.15) is 5.82 Å². The van der Waals surface area contributed by atoms with Gasteiger partial charge in [0.2, 0.25) is 17.6 Å². The molecular weight excluding hydrogens is 480 g/mol. The second-order valence-electron chi connectivity index (χ2n) is 9.38. The van der Waals surface area contributed by atoms with E-state index in [1.807, 2.05) is 51.8 Å². The molecule has 6 rings (SSSR count). The molecule has 0 saturated carbocycles. The number of benzene rings is 2. The maximum atomic E-state index is 13.4. The molecule has 1 aliphatic heterocycles. The summed E-state index contributed by atoms with van der Waals surface area (Å²) in [5.41, 5.74) is 1.82.